The predicted octanol–water partition coefficient (Wildman–Crippen LogP) is 2.72. The maximum absolute atomic E-state index is 7.17. The van der Waals surface area contributed by atoms with E-state index in [1.54, 1.807) is 0 Å². The van der Waals surface area contributed by atoms with Gasteiger partial charge in [-0.2, -0.15) is 10.2 Å². The number of aromatic nitrogens is 4. The molecule has 28 heavy (non-hydrogen) atoms. The molecule has 0 aliphatic carbocycles. The van der Waals surface area contributed by atoms with Crippen molar-refractivity contribution in [2.75, 3.05) is 0 Å². The molecule has 0 atom stereocenters. The number of hydrogen-bond acceptors (Lipinski definition) is 5. The molecule has 2 heterocycles. The molecular weight excluding hydrogens is 355 g/mol. The largest absolute Gasteiger partial charge is 0.631 e. The van der Waals surface area contributed by atoms with E-state index in [2.05, 4.69) is 44.7 Å². The molecule has 0 saturated carbocycles. The Bertz CT molecular complexity index is 862. The van der Waals surface area contributed by atoms with Crippen LogP contribution in [-0.2, 0) is 0 Å². The van der Waals surface area contributed by atoms with Crippen LogP contribution < -0.4 is 0 Å². The molecule has 2 aromatic carbocycles. The molecule has 0 amide bonds. The first-order valence-corrected chi connectivity index (χ1v) is 8.65. The zero-order valence-electron chi connectivity index (χ0n) is 15.7. The van der Waals surface area contributed by atoms with Gasteiger partial charge in [-0.1, -0.05) is 60.7 Å². The Balaban J connectivity index is 0.000000169. The fourth-order valence-corrected chi connectivity index (χ4v) is 2.35. The number of hydrogen-bond donors (Lipinski definition) is 5. The normalized spacial score (nSPS) is 9.61. The van der Waals surface area contributed by atoms with Gasteiger partial charge in [0.15, 0.2) is 0 Å². The maximum Gasteiger partial charge on any atom is 0.631 e. The van der Waals surface area contributed by atoms with Gasteiger partial charge in [-0.25, -0.2) is 0 Å². The molecule has 4 aromatic rings. The molecule has 7 nitrogen and oxygen atoms in total. The number of nitrogens with one attached hydrogen (secondary N) is 2. The monoisotopic (exact) mass is 378 g/mol. The van der Waals surface area contributed by atoms with Crippen molar-refractivity contribution in [3.63, 3.8) is 0 Å². The second-order valence-corrected chi connectivity index (χ2v) is 5.95. The molecule has 0 radical (unpaired) electrons. The third-order valence-electron chi connectivity index (χ3n) is 3.55. The smallest absolute Gasteiger partial charge is 0.402 e. The molecule has 144 valence electrons. The standard InChI is InChI=1S/2C10H10N2.BH3O3/c2*1-8-7-10(12-11-8)9-5-3-2-4-6-9;2-1(3)4/h2*2-7H,1H3,(H,11,12);2-4H. The van der Waals surface area contributed by atoms with E-state index in [1.165, 1.54) is 0 Å². The highest BCUT2D eigenvalue weighted by Crippen LogP contribution is 2.16. The average Bonchev–Trinajstić information content (AvgIpc) is 3.32. The minimum atomic E-state index is -2.17. The summed E-state index contributed by atoms with van der Waals surface area (Å²) >= 11 is 0. The molecule has 0 unspecified atom stereocenters. The lowest BCUT2D eigenvalue weighted by molar-refractivity contribution is 0.278. The number of H-pyrrole nitrogens is 2. The lowest BCUT2D eigenvalue weighted by Gasteiger charge is -1.92. The molecule has 8 heteroatoms. The second kappa shape index (κ2) is 10.8. The van der Waals surface area contributed by atoms with E-state index in [4.69, 9.17) is 15.1 Å². The highest BCUT2D eigenvalue weighted by atomic mass is 16.5. The Kier molecular flexibility index (Phi) is 8.17. The van der Waals surface area contributed by atoms with Crippen LogP contribution in [0.1, 0.15) is 11.4 Å². The van der Waals surface area contributed by atoms with E-state index in [9.17, 15) is 0 Å². The van der Waals surface area contributed by atoms with Gasteiger partial charge in [0.1, 0.15) is 0 Å². The van der Waals surface area contributed by atoms with Crippen LogP contribution in [-0.4, -0.2) is 42.8 Å². The topological polar surface area (TPSA) is 118 Å². The van der Waals surface area contributed by atoms with Crippen LogP contribution in [0.15, 0.2) is 72.8 Å². The lowest BCUT2D eigenvalue weighted by Crippen LogP contribution is -2.07. The minimum absolute atomic E-state index is 1.01. The average molecular weight is 378 g/mol. The molecule has 0 spiro atoms. The fraction of sp³-hybridized carbons (Fsp3) is 0.100. The van der Waals surface area contributed by atoms with Crippen molar-refractivity contribution >= 4 is 7.32 Å². The van der Waals surface area contributed by atoms with Crippen molar-refractivity contribution in [1.82, 2.24) is 20.4 Å². The number of rotatable bonds is 2. The quantitative estimate of drug-likeness (QED) is 0.344. The number of aryl methyl sites for hydroxylation is 2. The van der Waals surface area contributed by atoms with Gasteiger partial charge < -0.3 is 15.1 Å². The van der Waals surface area contributed by atoms with Crippen LogP contribution in [0.5, 0.6) is 0 Å². The SMILES string of the molecule is Cc1cc(-c2ccccc2)n[nH]1.Cc1cc(-c2ccccc2)n[nH]1.OB(O)O. The Morgan fingerprint density at radius 3 is 1.21 bits per heavy atom. The van der Waals surface area contributed by atoms with Gasteiger partial charge in [-0.3, -0.25) is 10.2 Å². The van der Waals surface area contributed by atoms with Crippen molar-refractivity contribution in [2.45, 2.75) is 13.8 Å². The Hall–Kier alpha value is -3.20. The summed E-state index contributed by atoms with van der Waals surface area (Å²) in [5.74, 6) is 0. The van der Waals surface area contributed by atoms with Crippen LogP contribution >= 0.6 is 0 Å². The maximum atomic E-state index is 7.17. The van der Waals surface area contributed by atoms with E-state index in [0.29, 0.717) is 0 Å². The fourth-order valence-electron chi connectivity index (χ4n) is 2.35. The van der Waals surface area contributed by atoms with Gasteiger partial charge in [-0.15, -0.1) is 0 Å². The molecular formula is C20H23BN4O3. The summed E-state index contributed by atoms with van der Waals surface area (Å²) < 4.78 is 0. The van der Waals surface area contributed by atoms with E-state index in [0.717, 1.165) is 33.9 Å². The zero-order chi connectivity index (χ0) is 20.4. The highest BCUT2D eigenvalue weighted by Gasteiger charge is 1.99. The summed E-state index contributed by atoms with van der Waals surface area (Å²) in [7, 11) is -2.17. The van der Waals surface area contributed by atoms with Crippen molar-refractivity contribution < 1.29 is 15.1 Å². The Morgan fingerprint density at radius 2 is 0.964 bits per heavy atom. The highest BCUT2D eigenvalue weighted by molar-refractivity contribution is 6.30. The zero-order valence-corrected chi connectivity index (χ0v) is 15.7. The number of nitrogens with zero attached hydrogens (tertiary/aromatic N) is 2. The minimum Gasteiger partial charge on any atom is -0.402 e. The molecule has 0 bridgehead atoms. The van der Waals surface area contributed by atoms with Crippen LogP contribution in [0, 0.1) is 13.8 Å². The molecule has 2 aromatic heterocycles. The van der Waals surface area contributed by atoms with Crippen molar-refractivity contribution in [3.8, 4) is 22.5 Å². The van der Waals surface area contributed by atoms with Gasteiger partial charge in [-0.05, 0) is 26.0 Å². The Labute approximate surface area is 163 Å². The van der Waals surface area contributed by atoms with Crippen molar-refractivity contribution in [1.29, 1.82) is 0 Å². The van der Waals surface area contributed by atoms with E-state index in [1.807, 2.05) is 62.4 Å². The van der Waals surface area contributed by atoms with Crippen LogP contribution in [0.2, 0.25) is 0 Å². The van der Waals surface area contributed by atoms with Gasteiger partial charge in [0.25, 0.3) is 0 Å². The first-order chi connectivity index (χ1) is 13.5. The van der Waals surface area contributed by atoms with Gasteiger partial charge in [0.05, 0.1) is 11.4 Å². The van der Waals surface area contributed by atoms with E-state index in [-0.39, 0.29) is 0 Å². The van der Waals surface area contributed by atoms with E-state index < -0.39 is 7.32 Å². The first kappa shape index (κ1) is 21.1. The van der Waals surface area contributed by atoms with Crippen LogP contribution in [0.4, 0.5) is 0 Å². The molecule has 5 N–H and O–H groups in total. The Morgan fingerprint density at radius 1 is 0.643 bits per heavy atom. The summed E-state index contributed by atoms with van der Waals surface area (Å²) in [6.07, 6.45) is 0. The summed E-state index contributed by atoms with van der Waals surface area (Å²) in [5.41, 5.74) is 6.51. The summed E-state index contributed by atoms with van der Waals surface area (Å²) in [5, 5.41) is 35.7. The van der Waals surface area contributed by atoms with Crippen molar-refractivity contribution in [3.05, 3.63) is 84.2 Å². The first-order valence-electron chi connectivity index (χ1n) is 8.65. The number of benzene rings is 2. The number of aromatic amines is 2. The van der Waals surface area contributed by atoms with Crippen molar-refractivity contribution in [2.24, 2.45) is 0 Å². The summed E-state index contributed by atoms with van der Waals surface area (Å²) in [6.45, 7) is 4.00. The molecule has 0 aliphatic heterocycles. The molecule has 0 aliphatic rings. The summed E-state index contributed by atoms with van der Waals surface area (Å²) in [4.78, 5) is 0. The van der Waals surface area contributed by atoms with Gasteiger partial charge in [0, 0.05) is 22.5 Å². The third kappa shape index (κ3) is 7.20. The second-order valence-electron chi connectivity index (χ2n) is 5.95. The molecule has 0 fully saturated rings. The molecule has 4 rings (SSSR count). The van der Waals surface area contributed by atoms with Crippen LogP contribution in [0.25, 0.3) is 22.5 Å². The molecule has 0 saturated heterocycles. The third-order valence-corrected chi connectivity index (χ3v) is 3.55. The van der Waals surface area contributed by atoms with E-state index >= 15 is 0 Å². The predicted molar refractivity (Wildman–Crippen MR) is 110 cm³/mol. The van der Waals surface area contributed by atoms with Gasteiger partial charge in [0.2, 0.25) is 0 Å². The lowest BCUT2D eigenvalue weighted by atomic mass is 10.1. The summed E-state index contributed by atoms with van der Waals surface area (Å²) in [6, 6.07) is 24.3. The van der Waals surface area contributed by atoms with Crippen LogP contribution in [0.3, 0.4) is 0 Å². The van der Waals surface area contributed by atoms with Gasteiger partial charge >= 0.3 is 7.32 Å².